The fraction of sp³-hybridized carbons (Fsp3) is 0.588. The lowest BCUT2D eigenvalue weighted by Crippen LogP contribution is -2.42. The Balaban J connectivity index is 2.00. The summed E-state index contributed by atoms with van der Waals surface area (Å²) in [5.41, 5.74) is 2.30. The van der Waals surface area contributed by atoms with Crippen molar-refractivity contribution >= 4 is 5.91 Å². The Morgan fingerprint density at radius 2 is 2.05 bits per heavy atom. The lowest BCUT2D eigenvalue weighted by Gasteiger charge is -2.21. The maximum Gasteiger partial charge on any atom is 0.261 e. The molecule has 1 amide bonds. The SMILES string of the molecule is CC[C@H](Oc1cccc(C)c1C)C(=O)NC1CCCC1. The normalized spacial score (nSPS) is 16.9. The molecule has 0 radical (unpaired) electrons. The summed E-state index contributed by atoms with van der Waals surface area (Å²) < 4.78 is 5.94. The van der Waals surface area contributed by atoms with E-state index in [1.165, 1.54) is 18.4 Å². The number of carbonyl (C=O) groups excluding carboxylic acids is 1. The Labute approximate surface area is 121 Å². The van der Waals surface area contributed by atoms with Crippen LogP contribution in [0.25, 0.3) is 0 Å². The molecule has 1 aromatic rings. The van der Waals surface area contributed by atoms with Gasteiger partial charge in [0, 0.05) is 6.04 Å². The van der Waals surface area contributed by atoms with Crippen molar-refractivity contribution in [1.82, 2.24) is 5.32 Å². The second-order valence-corrected chi connectivity index (χ2v) is 5.70. The van der Waals surface area contributed by atoms with Crippen molar-refractivity contribution in [3.63, 3.8) is 0 Å². The molecule has 1 fully saturated rings. The van der Waals surface area contributed by atoms with Gasteiger partial charge in [0.2, 0.25) is 0 Å². The predicted octanol–water partition coefficient (Wildman–Crippen LogP) is 3.52. The lowest BCUT2D eigenvalue weighted by molar-refractivity contribution is -0.128. The average Bonchev–Trinajstić information content (AvgIpc) is 2.93. The first-order chi connectivity index (χ1) is 9.61. The van der Waals surface area contributed by atoms with Crippen molar-refractivity contribution in [3.8, 4) is 5.75 Å². The standard InChI is InChI=1S/C17H25NO2/c1-4-15(17(19)18-14-9-5-6-10-14)20-16-11-7-8-12(2)13(16)3/h7-8,11,14-15H,4-6,9-10H2,1-3H3,(H,18,19)/t15-/m0/s1. The van der Waals surface area contributed by atoms with E-state index in [1.54, 1.807) is 0 Å². The van der Waals surface area contributed by atoms with E-state index in [0.717, 1.165) is 24.2 Å². The Hall–Kier alpha value is -1.51. The predicted molar refractivity (Wildman–Crippen MR) is 81.0 cm³/mol. The molecule has 3 heteroatoms. The first-order valence-corrected chi connectivity index (χ1v) is 7.65. The van der Waals surface area contributed by atoms with Crippen molar-refractivity contribution in [1.29, 1.82) is 0 Å². The number of aryl methyl sites for hydroxylation is 1. The van der Waals surface area contributed by atoms with Gasteiger partial charge in [-0.15, -0.1) is 0 Å². The zero-order valence-electron chi connectivity index (χ0n) is 12.7. The van der Waals surface area contributed by atoms with Gasteiger partial charge in [0.15, 0.2) is 6.10 Å². The van der Waals surface area contributed by atoms with Crippen molar-refractivity contribution in [2.45, 2.75) is 65.0 Å². The highest BCUT2D eigenvalue weighted by Crippen LogP contribution is 2.23. The van der Waals surface area contributed by atoms with Gasteiger partial charge in [0.25, 0.3) is 5.91 Å². The molecule has 3 nitrogen and oxygen atoms in total. The number of benzene rings is 1. The minimum absolute atomic E-state index is 0.0281. The van der Waals surface area contributed by atoms with Crippen molar-refractivity contribution in [2.75, 3.05) is 0 Å². The summed E-state index contributed by atoms with van der Waals surface area (Å²) >= 11 is 0. The minimum Gasteiger partial charge on any atom is -0.480 e. The van der Waals surface area contributed by atoms with Crippen LogP contribution in [0.5, 0.6) is 5.75 Å². The summed E-state index contributed by atoms with van der Waals surface area (Å²) in [7, 11) is 0. The molecule has 0 unspecified atom stereocenters. The van der Waals surface area contributed by atoms with Gasteiger partial charge >= 0.3 is 0 Å². The molecule has 1 aliphatic rings. The van der Waals surface area contributed by atoms with Crippen molar-refractivity contribution in [2.24, 2.45) is 0 Å². The van der Waals surface area contributed by atoms with Gasteiger partial charge in [-0.3, -0.25) is 4.79 Å². The van der Waals surface area contributed by atoms with E-state index in [1.807, 2.05) is 26.0 Å². The molecule has 1 saturated carbocycles. The zero-order chi connectivity index (χ0) is 14.5. The molecule has 0 aliphatic heterocycles. The minimum atomic E-state index is -0.392. The molecule has 0 saturated heterocycles. The number of ether oxygens (including phenoxy) is 1. The molecular formula is C17H25NO2. The van der Waals surface area contributed by atoms with Crippen LogP contribution in [0.1, 0.15) is 50.2 Å². The topological polar surface area (TPSA) is 38.3 Å². The molecular weight excluding hydrogens is 250 g/mol. The molecule has 2 rings (SSSR count). The summed E-state index contributed by atoms with van der Waals surface area (Å²) in [6.07, 6.45) is 4.94. The third-order valence-electron chi connectivity index (χ3n) is 4.19. The molecule has 20 heavy (non-hydrogen) atoms. The largest absolute Gasteiger partial charge is 0.480 e. The second-order valence-electron chi connectivity index (χ2n) is 5.70. The van der Waals surface area contributed by atoms with Crippen LogP contribution in [0.3, 0.4) is 0 Å². The van der Waals surface area contributed by atoms with E-state index in [4.69, 9.17) is 4.74 Å². The van der Waals surface area contributed by atoms with E-state index >= 15 is 0 Å². The molecule has 1 N–H and O–H groups in total. The maximum atomic E-state index is 12.3. The Bertz CT molecular complexity index is 464. The molecule has 0 heterocycles. The van der Waals surface area contributed by atoms with Crippen LogP contribution < -0.4 is 10.1 Å². The molecule has 0 spiro atoms. The summed E-state index contributed by atoms with van der Waals surface area (Å²) in [5.74, 6) is 0.846. The van der Waals surface area contributed by atoms with Gasteiger partial charge in [-0.2, -0.15) is 0 Å². The van der Waals surface area contributed by atoms with Crippen LogP contribution in [0.15, 0.2) is 18.2 Å². The molecule has 110 valence electrons. The van der Waals surface area contributed by atoms with E-state index in [-0.39, 0.29) is 5.91 Å². The van der Waals surface area contributed by atoms with Crippen LogP contribution in [0.2, 0.25) is 0 Å². The Morgan fingerprint density at radius 1 is 1.35 bits per heavy atom. The van der Waals surface area contributed by atoms with Crippen LogP contribution >= 0.6 is 0 Å². The van der Waals surface area contributed by atoms with Gasteiger partial charge in [0.1, 0.15) is 5.75 Å². The highest BCUT2D eigenvalue weighted by molar-refractivity contribution is 5.81. The van der Waals surface area contributed by atoms with E-state index in [2.05, 4.69) is 18.3 Å². The van der Waals surface area contributed by atoms with Crippen LogP contribution in [-0.2, 0) is 4.79 Å². The van der Waals surface area contributed by atoms with Gasteiger partial charge in [-0.1, -0.05) is 31.9 Å². The van der Waals surface area contributed by atoms with E-state index in [9.17, 15) is 4.79 Å². The second kappa shape index (κ2) is 6.78. The van der Waals surface area contributed by atoms with Gasteiger partial charge < -0.3 is 10.1 Å². The number of nitrogens with one attached hydrogen (secondary N) is 1. The Morgan fingerprint density at radius 3 is 2.70 bits per heavy atom. The summed E-state index contributed by atoms with van der Waals surface area (Å²) in [6.45, 7) is 6.08. The lowest BCUT2D eigenvalue weighted by atomic mass is 10.1. The van der Waals surface area contributed by atoms with Crippen LogP contribution in [0.4, 0.5) is 0 Å². The highest BCUT2D eigenvalue weighted by atomic mass is 16.5. The fourth-order valence-electron chi connectivity index (χ4n) is 2.69. The van der Waals surface area contributed by atoms with Crippen LogP contribution in [-0.4, -0.2) is 18.1 Å². The molecule has 0 aromatic heterocycles. The summed E-state index contributed by atoms with van der Waals surface area (Å²) in [4.78, 5) is 12.3. The summed E-state index contributed by atoms with van der Waals surface area (Å²) in [5, 5.41) is 3.12. The summed E-state index contributed by atoms with van der Waals surface area (Å²) in [6, 6.07) is 6.31. The highest BCUT2D eigenvalue weighted by Gasteiger charge is 2.24. The molecule has 1 atom stereocenters. The first-order valence-electron chi connectivity index (χ1n) is 7.65. The fourth-order valence-corrected chi connectivity index (χ4v) is 2.69. The van der Waals surface area contributed by atoms with Gasteiger partial charge in [-0.05, 0) is 50.3 Å². The van der Waals surface area contributed by atoms with E-state index in [0.29, 0.717) is 12.5 Å². The monoisotopic (exact) mass is 275 g/mol. The van der Waals surface area contributed by atoms with Gasteiger partial charge in [0.05, 0.1) is 0 Å². The average molecular weight is 275 g/mol. The zero-order valence-corrected chi connectivity index (χ0v) is 12.7. The molecule has 0 bridgehead atoms. The third kappa shape index (κ3) is 3.53. The number of amides is 1. The van der Waals surface area contributed by atoms with E-state index < -0.39 is 6.10 Å². The quantitative estimate of drug-likeness (QED) is 0.893. The van der Waals surface area contributed by atoms with Crippen molar-refractivity contribution in [3.05, 3.63) is 29.3 Å². The molecule has 1 aromatic carbocycles. The Kier molecular flexibility index (Phi) is 5.05. The van der Waals surface area contributed by atoms with Crippen LogP contribution in [0, 0.1) is 13.8 Å². The number of hydrogen-bond acceptors (Lipinski definition) is 2. The van der Waals surface area contributed by atoms with Gasteiger partial charge in [-0.25, -0.2) is 0 Å². The number of carbonyl (C=O) groups is 1. The third-order valence-corrected chi connectivity index (χ3v) is 4.19. The van der Waals surface area contributed by atoms with Crippen molar-refractivity contribution < 1.29 is 9.53 Å². The smallest absolute Gasteiger partial charge is 0.261 e. The molecule has 1 aliphatic carbocycles. The number of rotatable bonds is 5. The maximum absolute atomic E-state index is 12.3. The number of hydrogen-bond donors (Lipinski definition) is 1. The first kappa shape index (κ1) is 14.9.